The van der Waals surface area contributed by atoms with Crippen LogP contribution in [-0.2, 0) is 9.59 Å². The van der Waals surface area contributed by atoms with Crippen LogP contribution in [0.25, 0.3) is 0 Å². The molecule has 26 heavy (non-hydrogen) atoms. The lowest BCUT2D eigenvalue weighted by molar-refractivity contribution is -0.126. The standard InChI is InChI=1S/C20H37N3O2.ClH/c1-3-21-15(2)14-22-20(25)17-9-11-18(12-10-17)23-19(24)13-16-7-5-4-6-8-16;/h15-18,21H,3-14H2,1-2H3,(H,22,25)(H,23,24);1H/t15-,17?,18?;/m1./s1. The van der Waals surface area contributed by atoms with E-state index in [1.54, 1.807) is 0 Å². The van der Waals surface area contributed by atoms with Crippen molar-refractivity contribution in [3.8, 4) is 0 Å². The van der Waals surface area contributed by atoms with Crippen molar-refractivity contribution in [1.82, 2.24) is 16.0 Å². The van der Waals surface area contributed by atoms with Gasteiger partial charge in [0.25, 0.3) is 0 Å². The van der Waals surface area contributed by atoms with Gasteiger partial charge in [-0.1, -0.05) is 26.2 Å². The van der Waals surface area contributed by atoms with Gasteiger partial charge in [0.1, 0.15) is 0 Å². The molecule has 2 fully saturated rings. The summed E-state index contributed by atoms with van der Waals surface area (Å²) in [4.78, 5) is 24.5. The van der Waals surface area contributed by atoms with E-state index in [4.69, 9.17) is 0 Å². The van der Waals surface area contributed by atoms with Gasteiger partial charge in [0.15, 0.2) is 0 Å². The number of rotatable bonds is 8. The molecule has 2 amide bonds. The van der Waals surface area contributed by atoms with E-state index in [9.17, 15) is 9.59 Å². The van der Waals surface area contributed by atoms with Crippen LogP contribution in [0.3, 0.4) is 0 Å². The highest BCUT2D eigenvalue weighted by molar-refractivity contribution is 5.85. The monoisotopic (exact) mass is 387 g/mol. The van der Waals surface area contributed by atoms with Gasteiger partial charge in [-0.3, -0.25) is 9.59 Å². The molecule has 152 valence electrons. The predicted molar refractivity (Wildman–Crippen MR) is 108 cm³/mol. The highest BCUT2D eigenvalue weighted by Crippen LogP contribution is 2.27. The second-order valence-corrected chi connectivity index (χ2v) is 8.03. The highest BCUT2D eigenvalue weighted by Gasteiger charge is 2.27. The predicted octanol–water partition coefficient (Wildman–Crippen LogP) is 3.17. The molecule has 0 aromatic heterocycles. The molecule has 0 aliphatic heterocycles. The van der Waals surface area contributed by atoms with E-state index >= 15 is 0 Å². The van der Waals surface area contributed by atoms with Gasteiger partial charge in [-0.15, -0.1) is 12.4 Å². The number of hydrogen-bond acceptors (Lipinski definition) is 3. The van der Waals surface area contributed by atoms with E-state index in [2.05, 4.69) is 29.8 Å². The van der Waals surface area contributed by atoms with Gasteiger partial charge < -0.3 is 16.0 Å². The van der Waals surface area contributed by atoms with E-state index in [0.29, 0.717) is 24.9 Å². The summed E-state index contributed by atoms with van der Waals surface area (Å²) >= 11 is 0. The topological polar surface area (TPSA) is 70.2 Å². The largest absolute Gasteiger partial charge is 0.354 e. The summed E-state index contributed by atoms with van der Waals surface area (Å²) in [5, 5.41) is 9.57. The molecule has 0 radical (unpaired) electrons. The summed E-state index contributed by atoms with van der Waals surface area (Å²) in [5.74, 6) is 1.10. The maximum atomic E-state index is 12.3. The van der Waals surface area contributed by atoms with E-state index in [-0.39, 0.29) is 36.2 Å². The number of nitrogens with one attached hydrogen (secondary N) is 3. The van der Waals surface area contributed by atoms with Crippen molar-refractivity contribution in [1.29, 1.82) is 0 Å². The van der Waals surface area contributed by atoms with Crippen molar-refractivity contribution in [3.05, 3.63) is 0 Å². The molecule has 3 N–H and O–H groups in total. The maximum absolute atomic E-state index is 12.3. The summed E-state index contributed by atoms with van der Waals surface area (Å²) in [6.07, 6.45) is 10.6. The summed E-state index contributed by atoms with van der Waals surface area (Å²) in [6.45, 7) is 5.76. The van der Waals surface area contributed by atoms with E-state index < -0.39 is 0 Å². The Morgan fingerprint density at radius 3 is 2.27 bits per heavy atom. The molecule has 2 aliphatic carbocycles. The third-order valence-corrected chi connectivity index (χ3v) is 5.80. The lowest BCUT2D eigenvalue weighted by atomic mass is 9.84. The number of likely N-dealkylation sites (N-methyl/N-ethyl adjacent to an activating group) is 1. The van der Waals surface area contributed by atoms with Crippen LogP contribution in [0.4, 0.5) is 0 Å². The van der Waals surface area contributed by atoms with Gasteiger partial charge >= 0.3 is 0 Å². The molecule has 0 unspecified atom stereocenters. The van der Waals surface area contributed by atoms with Crippen molar-refractivity contribution in [2.45, 2.75) is 90.1 Å². The molecule has 2 saturated carbocycles. The first-order chi connectivity index (χ1) is 12.1. The average molecular weight is 388 g/mol. The number of carbonyl (C=O) groups is 2. The zero-order valence-electron chi connectivity index (χ0n) is 16.5. The second kappa shape index (κ2) is 12.6. The number of carbonyl (C=O) groups excluding carboxylic acids is 2. The summed E-state index contributed by atoms with van der Waals surface area (Å²) in [6, 6.07) is 0.574. The molecule has 0 bridgehead atoms. The lowest BCUT2D eigenvalue weighted by Gasteiger charge is -2.29. The van der Waals surface area contributed by atoms with Crippen LogP contribution in [0.1, 0.15) is 78.1 Å². The van der Waals surface area contributed by atoms with Crippen LogP contribution in [0.2, 0.25) is 0 Å². The average Bonchev–Trinajstić information content (AvgIpc) is 2.61. The van der Waals surface area contributed by atoms with Crippen LogP contribution in [0.5, 0.6) is 0 Å². The minimum Gasteiger partial charge on any atom is -0.354 e. The van der Waals surface area contributed by atoms with Gasteiger partial charge in [0.05, 0.1) is 0 Å². The molecule has 6 heteroatoms. The Balaban J connectivity index is 0.00000338. The molecule has 0 aromatic rings. The zero-order chi connectivity index (χ0) is 18.1. The molecule has 2 aliphatic rings. The fourth-order valence-corrected chi connectivity index (χ4v) is 4.26. The Bertz CT molecular complexity index is 419. The third-order valence-electron chi connectivity index (χ3n) is 5.80. The van der Waals surface area contributed by atoms with Crippen molar-refractivity contribution in [2.75, 3.05) is 13.1 Å². The van der Waals surface area contributed by atoms with Crippen LogP contribution in [0.15, 0.2) is 0 Å². The SMILES string of the molecule is CCN[C@H](C)CNC(=O)C1CCC(NC(=O)CC2CCCCC2)CC1.Cl. The molecule has 0 saturated heterocycles. The zero-order valence-corrected chi connectivity index (χ0v) is 17.3. The first-order valence-electron chi connectivity index (χ1n) is 10.4. The summed E-state index contributed by atoms with van der Waals surface area (Å²) in [7, 11) is 0. The van der Waals surface area contributed by atoms with Gasteiger partial charge in [-0.05, 0) is 57.9 Å². The lowest BCUT2D eigenvalue weighted by Crippen LogP contribution is -2.44. The Morgan fingerprint density at radius 2 is 1.65 bits per heavy atom. The van der Waals surface area contributed by atoms with Crippen LogP contribution >= 0.6 is 12.4 Å². The fourth-order valence-electron chi connectivity index (χ4n) is 4.26. The third kappa shape index (κ3) is 8.26. The molecular formula is C20H38ClN3O2. The van der Waals surface area contributed by atoms with E-state index in [1.165, 1.54) is 32.1 Å². The van der Waals surface area contributed by atoms with Gasteiger partial charge in [-0.2, -0.15) is 0 Å². The molecule has 0 aromatic carbocycles. The number of amides is 2. The minimum absolute atomic E-state index is 0. The maximum Gasteiger partial charge on any atom is 0.223 e. The quantitative estimate of drug-likeness (QED) is 0.599. The van der Waals surface area contributed by atoms with Crippen LogP contribution in [-0.4, -0.2) is 37.0 Å². The Kier molecular flexibility index (Phi) is 11.2. The summed E-state index contributed by atoms with van der Waals surface area (Å²) in [5.41, 5.74) is 0. The van der Waals surface area contributed by atoms with Crippen molar-refractivity contribution in [3.63, 3.8) is 0 Å². The normalized spacial score (nSPS) is 25.0. The van der Waals surface area contributed by atoms with Crippen molar-refractivity contribution in [2.24, 2.45) is 11.8 Å². The fraction of sp³-hybridized carbons (Fsp3) is 0.900. The Labute approximate surface area is 165 Å². The minimum atomic E-state index is 0. The Morgan fingerprint density at radius 1 is 1.00 bits per heavy atom. The molecule has 5 nitrogen and oxygen atoms in total. The highest BCUT2D eigenvalue weighted by atomic mass is 35.5. The van der Waals surface area contributed by atoms with Gasteiger partial charge in [0, 0.05) is 31.0 Å². The number of hydrogen-bond donors (Lipinski definition) is 3. The van der Waals surface area contributed by atoms with Crippen molar-refractivity contribution >= 4 is 24.2 Å². The van der Waals surface area contributed by atoms with Crippen LogP contribution in [0, 0.1) is 11.8 Å². The Hall–Kier alpha value is -0.810. The first kappa shape index (κ1) is 23.2. The van der Waals surface area contributed by atoms with Gasteiger partial charge in [0.2, 0.25) is 11.8 Å². The van der Waals surface area contributed by atoms with E-state index in [1.807, 2.05) is 0 Å². The first-order valence-corrected chi connectivity index (χ1v) is 10.4. The molecule has 2 rings (SSSR count). The second-order valence-electron chi connectivity index (χ2n) is 8.03. The molecule has 1 atom stereocenters. The molecule has 0 heterocycles. The number of halogens is 1. The van der Waals surface area contributed by atoms with Gasteiger partial charge in [-0.25, -0.2) is 0 Å². The van der Waals surface area contributed by atoms with Crippen molar-refractivity contribution < 1.29 is 9.59 Å². The molecule has 0 spiro atoms. The van der Waals surface area contributed by atoms with E-state index in [0.717, 1.165) is 32.2 Å². The summed E-state index contributed by atoms with van der Waals surface area (Å²) < 4.78 is 0. The smallest absolute Gasteiger partial charge is 0.223 e. The van der Waals surface area contributed by atoms with Crippen LogP contribution < -0.4 is 16.0 Å². The molecular weight excluding hydrogens is 350 g/mol.